The molecular weight excluding hydrogens is 305 g/mol. The number of nitrogens with zero attached hydrogens (tertiary/aromatic N) is 3. The number of aryl methyl sites for hydroxylation is 1. The van der Waals surface area contributed by atoms with Crippen LogP contribution in [0.3, 0.4) is 0 Å². The molecule has 0 saturated carbocycles. The van der Waals surface area contributed by atoms with Crippen LogP contribution in [0.4, 0.5) is 4.39 Å². The van der Waals surface area contributed by atoms with Crippen LogP contribution < -0.4 is 0 Å². The number of hydrogen-bond donors (Lipinski definition) is 0. The normalized spacial score (nSPS) is 10.9. The van der Waals surface area contributed by atoms with E-state index < -0.39 is 0 Å². The van der Waals surface area contributed by atoms with Crippen molar-refractivity contribution < 1.29 is 9.18 Å². The molecule has 124 valence electrons. The molecule has 1 aromatic heterocycles. The van der Waals surface area contributed by atoms with Crippen molar-refractivity contribution in [1.82, 2.24) is 14.5 Å². The fourth-order valence-corrected chi connectivity index (χ4v) is 2.79. The molecule has 0 spiro atoms. The lowest BCUT2D eigenvalue weighted by Crippen LogP contribution is -2.30. The van der Waals surface area contributed by atoms with Crippen LogP contribution in [0, 0.1) is 5.82 Å². The van der Waals surface area contributed by atoms with Gasteiger partial charge in [0.05, 0.1) is 17.4 Å². The smallest absolute Gasteiger partial charge is 0.224 e. The average Bonchev–Trinajstić information content (AvgIpc) is 3.01. The number of halogens is 1. The Labute approximate surface area is 140 Å². The van der Waals surface area contributed by atoms with Crippen LogP contribution in [0.2, 0.25) is 0 Å². The lowest BCUT2D eigenvalue weighted by atomic mass is 10.2. The first-order valence-corrected chi connectivity index (χ1v) is 8.09. The van der Waals surface area contributed by atoms with Crippen molar-refractivity contribution in [2.24, 2.45) is 0 Å². The number of aromatic nitrogens is 2. The number of hydrogen-bond acceptors (Lipinski definition) is 2. The predicted octanol–water partition coefficient (Wildman–Crippen LogP) is 3.61. The Bertz CT molecular complexity index is 843. The monoisotopic (exact) mass is 325 g/mol. The predicted molar refractivity (Wildman–Crippen MR) is 91.8 cm³/mol. The number of imidazole rings is 1. The van der Waals surface area contributed by atoms with Crippen LogP contribution in [0.15, 0.2) is 54.9 Å². The molecule has 0 fully saturated rings. The molecule has 1 heterocycles. The minimum absolute atomic E-state index is 0.0551. The quantitative estimate of drug-likeness (QED) is 0.694. The summed E-state index contributed by atoms with van der Waals surface area (Å²) in [4.78, 5) is 18.6. The first-order valence-electron chi connectivity index (χ1n) is 8.09. The Balaban J connectivity index is 1.64. The molecule has 5 heteroatoms. The van der Waals surface area contributed by atoms with Crippen molar-refractivity contribution >= 4 is 16.9 Å². The maximum absolute atomic E-state index is 13.3. The van der Waals surface area contributed by atoms with Gasteiger partial charge in [-0.15, -0.1) is 0 Å². The zero-order chi connectivity index (χ0) is 16.9. The topological polar surface area (TPSA) is 38.1 Å². The van der Waals surface area contributed by atoms with Gasteiger partial charge >= 0.3 is 0 Å². The van der Waals surface area contributed by atoms with Crippen LogP contribution in [-0.2, 0) is 17.9 Å². The van der Waals surface area contributed by atoms with Crippen LogP contribution in [0.5, 0.6) is 0 Å². The summed E-state index contributed by atoms with van der Waals surface area (Å²) in [5.74, 6) is -0.222. The summed E-state index contributed by atoms with van der Waals surface area (Å²) < 4.78 is 15.3. The van der Waals surface area contributed by atoms with Gasteiger partial charge in [-0.05, 0) is 36.8 Å². The third-order valence-electron chi connectivity index (χ3n) is 4.09. The second kappa shape index (κ2) is 7.25. The summed E-state index contributed by atoms with van der Waals surface area (Å²) in [5.41, 5.74) is 2.76. The molecule has 3 rings (SSSR count). The minimum atomic E-state index is -0.277. The molecule has 0 aliphatic rings. The molecular formula is C19H20FN3O. The summed E-state index contributed by atoms with van der Waals surface area (Å²) in [6.45, 7) is 3.54. The highest BCUT2D eigenvalue weighted by Crippen LogP contribution is 2.13. The summed E-state index contributed by atoms with van der Waals surface area (Å²) in [6.07, 6.45) is 2.16. The van der Waals surface area contributed by atoms with Crippen molar-refractivity contribution in [2.45, 2.75) is 26.4 Å². The van der Waals surface area contributed by atoms with E-state index in [1.54, 1.807) is 17.3 Å². The second-order valence-corrected chi connectivity index (χ2v) is 5.71. The van der Waals surface area contributed by atoms with Gasteiger partial charge < -0.3 is 9.47 Å². The van der Waals surface area contributed by atoms with E-state index in [0.717, 1.165) is 16.6 Å². The SMILES string of the molecule is CCN(Cc1cccc(F)c1)C(=O)CCn1cnc2ccccc21. The fourth-order valence-electron chi connectivity index (χ4n) is 2.79. The molecule has 0 aliphatic heterocycles. The van der Waals surface area contributed by atoms with E-state index in [9.17, 15) is 9.18 Å². The summed E-state index contributed by atoms with van der Waals surface area (Å²) in [7, 11) is 0. The standard InChI is InChI=1S/C19H20FN3O/c1-2-22(13-15-6-5-7-16(20)12-15)19(24)10-11-23-14-21-17-8-3-4-9-18(17)23/h3-9,12,14H,2,10-11,13H2,1H3. The number of benzene rings is 2. The summed E-state index contributed by atoms with van der Waals surface area (Å²) in [5, 5.41) is 0. The van der Waals surface area contributed by atoms with Gasteiger partial charge in [0.2, 0.25) is 5.91 Å². The van der Waals surface area contributed by atoms with Gasteiger partial charge in [0, 0.05) is 26.1 Å². The van der Waals surface area contributed by atoms with Gasteiger partial charge in [0.15, 0.2) is 0 Å². The van der Waals surface area contributed by atoms with E-state index in [4.69, 9.17) is 0 Å². The van der Waals surface area contributed by atoms with E-state index in [1.807, 2.05) is 41.8 Å². The van der Waals surface area contributed by atoms with Crippen molar-refractivity contribution in [2.75, 3.05) is 6.54 Å². The van der Waals surface area contributed by atoms with Crippen molar-refractivity contribution in [3.63, 3.8) is 0 Å². The molecule has 0 bridgehead atoms. The van der Waals surface area contributed by atoms with Crippen LogP contribution in [0.1, 0.15) is 18.9 Å². The van der Waals surface area contributed by atoms with E-state index in [-0.39, 0.29) is 11.7 Å². The van der Waals surface area contributed by atoms with Crippen LogP contribution in [0.25, 0.3) is 11.0 Å². The number of rotatable bonds is 6. The summed E-state index contributed by atoms with van der Waals surface area (Å²) in [6, 6.07) is 14.2. The van der Waals surface area contributed by atoms with E-state index in [1.165, 1.54) is 12.1 Å². The maximum atomic E-state index is 13.3. The zero-order valence-corrected chi connectivity index (χ0v) is 13.7. The number of carbonyl (C=O) groups is 1. The number of para-hydroxylation sites is 2. The second-order valence-electron chi connectivity index (χ2n) is 5.71. The lowest BCUT2D eigenvalue weighted by Gasteiger charge is -2.21. The van der Waals surface area contributed by atoms with E-state index in [2.05, 4.69) is 4.98 Å². The van der Waals surface area contributed by atoms with E-state index >= 15 is 0 Å². The Morgan fingerprint density at radius 1 is 1.21 bits per heavy atom. The Kier molecular flexibility index (Phi) is 4.89. The molecule has 0 saturated heterocycles. The third-order valence-corrected chi connectivity index (χ3v) is 4.09. The third kappa shape index (κ3) is 3.62. The van der Waals surface area contributed by atoms with Crippen molar-refractivity contribution in [3.05, 3.63) is 66.2 Å². The highest BCUT2D eigenvalue weighted by atomic mass is 19.1. The Hall–Kier alpha value is -2.69. The van der Waals surface area contributed by atoms with Crippen molar-refractivity contribution in [1.29, 1.82) is 0 Å². The van der Waals surface area contributed by atoms with Gasteiger partial charge in [-0.3, -0.25) is 4.79 Å². The zero-order valence-electron chi connectivity index (χ0n) is 13.7. The van der Waals surface area contributed by atoms with Crippen molar-refractivity contribution in [3.8, 4) is 0 Å². The molecule has 0 atom stereocenters. The molecule has 0 radical (unpaired) electrons. The Morgan fingerprint density at radius 2 is 2.04 bits per heavy atom. The van der Waals surface area contributed by atoms with Crippen LogP contribution >= 0.6 is 0 Å². The molecule has 24 heavy (non-hydrogen) atoms. The number of carbonyl (C=O) groups excluding carboxylic acids is 1. The number of amides is 1. The van der Waals surface area contributed by atoms with Gasteiger partial charge in [-0.25, -0.2) is 9.37 Å². The summed E-state index contributed by atoms with van der Waals surface area (Å²) >= 11 is 0. The highest BCUT2D eigenvalue weighted by molar-refractivity contribution is 5.77. The molecule has 0 N–H and O–H groups in total. The lowest BCUT2D eigenvalue weighted by molar-refractivity contribution is -0.131. The first kappa shape index (κ1) is 16.2. The molecule has 4 nitrogen and oxygen atoms in total. The molecule has 3 aromatic rings. The molecule has 0 aliphatic carbocycles. The largest absolute Gasteiger partial charge is 0.339 e. The Morgan fingerprint density at radius 3 is 2.83 bits per heavy atom. The maximum Gasteiger partial charge on any atom is 0.224 e. The van der Waals surface area contributed by atoms with Gasteiger partial charge in [0.1, 0.15) is 5.82 Å². The highest BCUT2D eigenvalue weighted by Gasteiger charge is 2.13. The fraction of sp³-hybridized carbons (Fsp3) is 0.263. The minimum Gasteiger partial charge on any atom is -0.339 e. The molecule has 0 unspecified atom stereocenters. The molecule has 1 amide bonds. The van der Waals surface area contributed by atoms with Gasteiger partial charge in [-0.1, -0.05) is 24.3 Å². The average molecular weight is 325 g/mol. The molecule has 2 aromatic carbocycles. The van der Waals surface area contributed by atoms with Gasteiger partial charge in [0.25, 0.3) is 0 Å². The number of fused-ring (bicyclic) bond motifs is 1. The van der Waals surface area contributed by atoms with Gasteiger partial charge in [-0.2, -0.15) is 0 Å². The van der Waals surface area contributed by atoms with Crippen LogP contribution in [-0.4, -0.2) is 26.9 Å². The first-order chi connectivity index (χ1) is 11.7. The van der Waals surface area contributed by atoms with E-state index in [0.29, 0.717) is 26.1 Å².